The number of carbonyl (C=O) groups is 3. The maximum Gasteiger partial charge on any atom is 0.306 e. The van der Waals surface area contributed by atoms with E-state index in [9.17, 15) is 14.4 Å². The summed E-state index contributed by atoms with van der Waals surface area (Å²) in [7, 11) is 0. The lowest BCUT2D eigenvalue weighted by Gasteiger charge is -2.18. The van der Waals surface area contributed by atoms with Crippen LogP contribution >= 0.6 is 0 Å². The predicted octanol–water partition coefficient (Wildman–Crippen LogP) is 20.8. The van der Waals surface area contributed by atoms with Gasteiger partial charge in [-0.05, 0) is 57.8 Å². The van der Waals surface area contributed by atoms with Crippen LogP contribution < -0.4 is 0 Å². The highest BCUT2D eigenvalue weighted by molar-refractivity contribution is 5.71. The summed E-state index contributed by atoms with van der Waals surface area (Å²) in [6, 6.07) is 0. The number of ether oxygens (including phenoxy) is 3. The first-order valence-corrected chi connectivity index (χ1v) is 31.0. The number of hydrogen-bond donors (Lipinski definition) is 0. The summed E-state index contributed by atoms with van der Waals surface area (Å²) in [6.45, 7) is 6.66. The van der Waals surface area contributed by atoms with Gasteiger partial charge in [0.15, 0.2) is 6.10 Å². The molecule has 0 saturated heterocycles. The Kier molecular flexibility index (Phi) is 57.2. The van der Waals surface area contributed by atoms with Crippen molar-refractivity contribution in [2.24, 2.45) is 0 Å². The summed E-state index contributed by atoms with van der Waals surface area (Å²) in [5.41, 5.74) is 0. The molecule has 0 radical (unpaired) electrons. The summed E-state index contributed by atoms with van der Waals surface area (Å²) in [6.07, 6.45) is 71.6. The quantitative estimate of drug-likeness (QED) is 0.0261. The van der Waals surface area contributed by atoms with Gasteiger partial charge in [0.2, 0.25) is 0 Å². The monoisotopic (exact) mass is 983 g/mol. The first kappa shape index (κ1) is 67.6. The number of hydrogen-bond acceptors (Lipinski definition) is 6. The molecular formula is C64H118O6. The van der Waals surface area contributed by atoms with Crippen molar-refractivity contribution in [3.8, 4) is 0 Å². The molecule has 0 bridgehead atoms. The molecule has 0 amide bonds. The zero-order chi connectivity index (χ0) is 50.7. The summed E-state index contributed by atoms with van der Waals surface area (Å²) in [5.74, 6) is -0.849. The Hall–Kier alpha value is -2.37. The molecule has 0 aromatic heterocycles. The van der Waals surface area contributed by atoms with E-state index < -0.39 is 6.10 Å². The van der Waals surface area contributed by atoms with Crippen LogP contribution in [0.5, 0.6) is 0 Å². The number of unbranched alkanes of at least 4 members (excludes halogenated alkanes) is 40. The Balaban J connectivity index is 4.10. The Bertz CT molecular complexity index is 1170. The van der Waals surface area contributed by atoms with E-state index in [1.165, 1.54) is 225 Å². The second-order valence-electron chi connectivity index (χ2n) is 21.0. The first-order valence-electron chi connectivity index (χ1n) is 31.0. The maximum atomic E-state index is 12.8. The van der Waals surface area contributed by atoms with Gasteiger partial charge in [0.1, 0.15) is 13.2 Å². The predicted molar refractivity (Wildman–Crippen MR) is 302 cm³/mol. The molecule has 0 N–H and O–H groups in total. The van der Waals surface area contributed by atoms with Crippen molar-refractivity contribution in [2.45, 2.75) is 341 Å². The van der Waals surface area contributed by atoms with Crippen LogP contribution in [-0.4, -0.2) is 37.2 Å². The van der Waals surface area contributed by atoms with E-state index in [2.05, 4.69) is 57.2 Å². The molecule has 6 heteroatoms. The minimum atomic E-state index is -0.766. The number of allylic oxidation sites excluding steroid dienone is 6. The van der Waals surface area contributed by atoms with Crippen molar-refractivity contribution >= 4 is 17.9 Å². The van der Waals surface area contributed by atoms with E-state index in [1.54, 1.807) is 0 Å². The van der Waals surface area contributed by atoms with Crippen molar-refractivity contribution in [1.82, 2.24) is 0 Å². The summed E-state index contributed by atoms with van der Waals surface area (Å²) in [4.78, 5) is 38.1. The standard InChI is InChI=1S/C64H118O6/c1-4-7-10-13-16-19-22-24-25-26-27-28-29-30-31-32-33-34-35-36-37-38-39-41-42-45-48-51-54-57-63(66)69-60-61(59-68-62(65)56-53-50-47-44-21-18-15-12-9-6-3)70-64(67)58-55-52-49-46-43-40-23-20-17-14-11-8-5-2/h22,24,26-27,29-30,61H,4-21,23,25,28,31-60H2,1-3H3/b24-22-,27-26-,30-29-. The Labute approximate surface area is 435 Å². The fourth-order valence-electron chi connectivity index (χ4n) is 9.22. The van der Waals surface area contributed by atoms with Crippen LogP contribution in [0.15, 0.2) is 36.5 Å². The van der Waals surface area contributed by atoms with Crippen LogP contribution in [0.2, 0.25) is 0 Å². The molecule has 1 atom stereocenters. The second kappa shape index (κ2) is 59.2. The number of rotatable bonds is 57. The van der Waals surface area contributed by atoms with Crippen molar-refractivity contribution in [2.75, 3.05) is 13.2 Å². The molecule has 6 nitrogen and oxygen atoms in total. The Morgan fingerprint density at radius 2 is 0.514 bits per heavy atom. The molecule has 410 valence electrons. The molecule has 0 heterocycles. The van der Waals surface area contributed by atoms with Crippen LogP contribution in [-0.2, 0) is 28.6 Å². The van der Waals surface area contributed by atoms with Gasteiger partial charge in [0.25, 0.3) is 0 Å². The highest BCUT2D eigenvalue weighted by atomic mass is 16.6. The van der Waals surface area contributed by atoms with Crippen LogP contribution in [0, 0.1) is 0 Å². The fraction of sp³-hybridized carbons (Fsp3) is 0.859. The summed E-state index contributed by atoms with van der Waals surface area (Å²) in [5, 5.41) is 0. The molecule has 0 aromatic rings. The van der Waals surface area contributed by atoms with E-state index in [1.807, 2.05) is 0 Å². The van der Waals surface area contributed by atoms with Crippen molar-refractivity contribution < 1.29 is 28.6 Å². The summed E-state index contributed by atoms with van der Waals surface area (Å²) < 4.78 is 16.9. The largest absolute Gasteiger partial charge is 0.462 e. The van der Waals surface area contributed by atoms with Gasteiger partial charge in [0, 0.05) is 19.3 Å². The molecule has 0 rings (SSSR count). The highest BCUT2D eigenvalue weighted by Crippen LogP contribution is 2.17. The molecule has 0 fully saturated rings. The zero-order valence-electron chi connectivity index (χ0n) is 47.1. The molecule has 1 unspecified atom stereocenters. The lowest BCUT2D eigenvalue weighted by atomic mass is 10.0. The maximum absolute atomic E-state index is 12.8. The SMILES string of the molecule is CCCCCCC/C=C\C/C=C\C/C=C\CCCCCCCCCCCCCCCCC(=O)OCC(COC(=O)CCCCCCCCCCCC)OC(=O)CCCCCCCCCCCCCCC. The van der Waals surface area contributed by atoms with Crippen LogP contribution in [0.1, 0.15) is 335 Å². The van der Waals surface area contributed by atoms with E-state index in [0.717, 1.165) is 70.6 Å². The van der Waals surface area contributed by atoms with Gasteiger partial charge in [-0.3, -0.25) is 14.4 Å². The Morgan fingerprint density at radius 1 is 0.286 bits per heavy atom. The smallest absolute Gasteiger partial charge is 0.306 e. The molecule has 70 heavy (non-hydrogen) atoms. The van der Waals surface area contributed by atoms with E-state index in [-0.39, 0.29) is 31.1 Å². The molecule has 0 aliphatic heterocycles. The molecule has 0 aliphatic carbocycles. The average Bonchev–Trinajstić information content (AvgIpc) is 3.36. The molecule has 0 spiro atoms. The van der Waals surface area contributed by atoms with E-state index in [0.29, 0.717) is 19.3 Å². The highest BCUT2D eigenvalue weighted by Gasteiger charge is 2.19. The minimum absolute atomic E-state index is 0.0664. The van der Waals surface area contributed by atoms with Gasteiger partial charge in [0.05, 0.1) is 0 Å². The van der Waals surface area contributed by atoms with Gasteiger partial charge in [-0.15, -0.1) is 0 Å². The third-order valence-corrected chi connectivity index (χ3v) is 13.9. The Morgan fingerprint density at radius 3 is 0.800 bits per heavy atom. The average molecular weight is 984 g/mol. The third kappa shape index (κ3) is 56.5. The van der Waals surface area contributed by atoms with Crippen LogP contribution in [0.25, 0.3) is 0 Å². The van der Waals surface area contributed by atoms with Crippen molar-refractivity contribution in [3.63, 3.8) is 0 Å². The number of carbonyl (C=O) groups excluding carboxylic acids is 3. The van der Waals surface area contributed by atoms with E-state index in [4.69, 9.17) is 14.2 Å². The number of esters is 3. The molecule has 0 aromatic carbocycles. The first-order chi connectivity index (χ1) is 34.5. The van der Waals surface area contributed by atoms with Gasteiger partial charge in [-0.1, -0.05) is 295 Å². The summed E-state index contributed by atoms with van der Waals surface area (Å²) >= 11 is 0. The van der Waals surface area contributed by atoms with Crippen molar-refractivity contribution in [3.05, 3.63) is 36.5 Å². The topological polar surface area (TPSA) is 78.9 Å². The third-order valence-electron chi connectivity index (χ3n) is 13.9. The lowest BCUT2D eigenvalue weighted by Crippen LogP contribution is -2.30. The van der Waals surface area contributed by atoms with Crippen LogP contribution in [0.3, 0.4) is 0 Å². The van der Waals surface area contributed by atoms with Gasteiger partial charge in [-0.2, -0.15) is 0 Å². The molecular weight excluding hydrogens is 865 g/mol. The normalized spacial score (nSPS) is 12.2. The lowest BCUT2D eigenvalue weighted by molar-refractivity contribution is -0.167. The van der Waals surface area contributed by atoms with Crippen molar-refractivity contribution in [1.29, 1.82) is 0 Å². The van der Waals surface area contributed by atoms with Gasteiger partial charge in [-0.25, -0.2) is 0 Å². The minimum Gasteiger partial charge on any atom is -0.462 e. The molecule has 0 aliphatic rings. The second-order valence-corrected chi connectivity index (χ2v) is 21.0. The van der Waals surface area contributed by atoms with Gasteiger partial charge < -0.3 is 14.2 Å². The molecule has 0 saturated carbocycles. The zero-order valence-corrected chi connectivity index (χ0v) is 47.1. The fourth-order valence-corrected chi connectivity index (χ4v) is 9.22. The van der Waals surface area contributed by atoms with E-state index >= 15 is 0 Å². The van der Waals surface area contributed by atoms with Crippen LogP contribution in [0.4, 0.5) is 0 Å². The van der Waals surface area contributed by atoms with Gasteiger partial charge >= 0.3 is 17.9 Å².